The zero-order valence-corrected chi connectivity index (χ0v) is 12.3. The first-order valence-electron chi connectivity index (χ1n) is 7.75. The van der Waals surface area contributed by atoms with Crippen LogP contribution in [0.3, 0.4) is 0 Å². The molecule has 0 bridgehead atoms. The van der Waals surface area contributed by atoms with Crippen molar-refractivity contribution in [1.82, 2.24) is 4.90 Å². The number of nitrogens with zero attached hydrogens (tertiary/aromatic N) is 1. The Morgan fingerprint density at radius 2 is 1.90 bits per heavy atom. The van der Waals surface area contributed by atoms with Gasteiger partial charge in [-0.2, -0.15) is 0 Å². The molecule has 1 aromatic carbocycles. The molecule has 0 saturated heterocycles. The molecule has 106 valence electrons. The van der Waals surface area contributed by atoms with Crippen molar-refractivity contribution in [2.24, 2.45) is 0 Å². The summed E-state index contributed by atoms with van der Waals surface area (Å²) in [6.45, 7) is 3.02. The lowest BCUT2D eigenvalue weighted by Crippen LogP contribution is -2.42. The lowest BCUT2D eigenvalue weighted by atomic mass is 9.80. The van der Waals surface area contributed by atoms with Crippen LogP contribution in [0.15, 0.2) is 35.4 Å². The molecule has 0 aromatic heterocycles. The summed E-state index contributed by atoms with van der Waals surface area (Å²) in [6, 6.07) is 9.05. The molecule has 1 unspecified atom stereocenters. The van der Waals surface area contributed by atoms with Gasteiger partial charge >= 0.3 is 0 Å². The number of rotatable bonds is 3. The Morgan fingerprint density at radius 3 is 2.65 bits per heavy atom. The Morgan fingerprint density at radius 1 is 1.15 bits per heavy atom. The van der Waals surface area contributed by atoms with E-state index in [0.717, 1.165) is 25.8 Å². The van der Waals surface area contributed by atoms with Crippen molar-refractivity contribution in [3.63, 3.8) is 0 Å². The molecule has 2 nitrogen and oxygen atoms in total. The Labute approximate surface area is 121 Å². The number of hydrogen-bond acceptors (Lipinski definition) is 1. The molecule has 0 fully saturated rings. The molecule has 1 aliphatic heterocycles. The average molecular weight is 269 g/mol. The maximum atomic E-state index is 11.4. The number of benzene rings is 1. The molecule has 1 aliphatic carbocycles. The van der Waals surface area contributed by atoms with E-state index < -0.39 is 0 Å². The second-order valence-electron chi connectivity index (χ2n) is 6.13. The number of carbonyl (C=O) groups is 1. The molecule has 20 heavy (non-hydrogen) atoms. The third kappa shape index (κ3) is 2.65. The van der Waals surface area contributed by atoms with Crippen LogP contribution in [0, 0.1) is 6.92 Å². The third-order valence-corrected chi connectivity index (χ3v) is 4.79. The van der Waals surface area contributed by atoms with E-state index in [0.29, 0.717) is 6.04 Å². The maximum Gasteiger partial charge on any atom is 0.210 e. The van der Waals surface area contributed by atoms with E-state index in [4.69, 9.17) is 0 Å². The largest absolute Gasteiger partial charge is 0.338 e. The molecule has 0 radical (unpaired) electrons. The fourth-order valence-corrected chi connectivity index (χ4v) is 3.61. The monoisotopic (exact) mass is 269 g/mol. The van der Waals surface area contributed by atoms with Crippen molar-refractivity contribution < 1.29 is 4.79 Å². The summed E-state index contributed by atoms with van der Waals surface area (Å²) in [5, 5.41) is 0. The van der Waals surface area contributed by atoms with Crippen LogP contribution < -0.4 is 0 Å². The van der Waals surface area contributed by atoms with Crippen molar-refractivity contribution in [2.45, 2.75) is 51.5 Å². The van der Waals surface area contributed by atoms with Gasteiger partial charge in [0.05, 0.1) is 6.04 Å². The van der Waals surface area contributed by atoms with Gasteiger partial charge < -0.3 is 4.90 Å². The highest BCUT2D eigenvalue weighted by Crippen LogP contribution is 2.35. The highest BCUT2D eigenvalue weighted by Gasteiger charge is 2.29. The minimum atomic E-state index is 0.305. The quantitative estimate of drug-likeness (QED) is 0.606. The number of amides is 1. The first-order chi connectivity index (χ1) is 9.78. The topological polar surface area (TPSA) is 20.3 Å². The van der Waals surface area contributed by atoms with Gasteiger partial charge in [-0.25, -0.2) is 0 Å². The molecule has 1 heterocycles. The van der Waals surface area contributed by atoms with Gasteiger partial charge in [-0.15, -0.1) is 0 Å². The summed E-state index contributed by atoms with van der Waals surface area (Å²) in [4.78, 5) is 13.4. The van der Waals surface area contributed by atoms with Crippen LogP contribution in [0.4, 0.5) is 0 Å². The minimum absolute atomic E-state index is 0.305. The fraction of sp³-hybridized carbons (Fsp3) is 0.500. The molecule has 1 atom stereocenters. The number of aryl methyl sites for hydroxylation is 1. The summed E-state index contributed by atoms with van der Waals surface area (Å²) in [6.07, 6.45) is 8.18. The molecular formula is C18H23NO. The van der Waals surface area contributed by atoms with Crippen molar-refractivity contribution in [2.75, 3.05) is 6.54 Å². The molecular weight excluding hydrogens is 246 g/mol. The normalized spacial score (nSPS) is 22.6. The van der Waals surface area contributed by atoms with E-state index in [1.807, 2.05) is 4.90 Å². The summed E-state index contributed by atoms with van der Waals surface area (Å²) in [5.74, 6) is 0. The standard InChI is InChI=1S/C18H23NO/c1-14-6-8-15(9-7-14)12-18-17-5-3-2-4-16(17)10-11-19(18)13-20/h6-9,13,18H,2-5,10-12H2,1H3. The SMILES string of the molecule is Cc1ccc(CC2C3=C(CCCC3)CCN2C=O)cc1. The molecule has 0 N–H and O–H groups in total. The van der Waals surface area contributed by atoms with Crippen LogP contribution in [0.2, 0.25) is 0 Å². The predicted octanol–water partition coefficient (Wildman–Crippen LogP) is 3.64. The Kier molecular flexibility index (Phi) is 3.90. The van der Waals surface area contributed by atoms with E-state index in [9.17, 15) is 4.79 Å². The van der Waals surface area contributed by atoms with Gasteiger partial charge in [-0.05, 0) is 56.6 Å². The van der Waals surface area contributed by atoms with Gasteiger partial charge in [0, 0.05) is 6.54 Å². The number of hydrogen-bond donors (Lipinski definition) is 0. The maximum absolute atomic E-state index is 11.4. The molecule has 0 spiro atoms. The van der Waals surface area contributed by atoms with E-state index in [1.54, 1.807) is 11.1 Å². The minimum Gasteiger partial charge on any atom is -0.338 e. The zero-order chi connectivity index (χ0) is 13.9. The van der Waals surface area contributed by atoms with Crippen molar-refractivity contribution in [3.05, 3.63) is 46.5 Å². The molecule has 1 aromatic rings. The molecule has 1 amide bonds. The molecule has 0 saturated carbocycles. The Hall–Kier alpha value is -1.57. The summed E-state index contributed by atoms with van der Waals surface area (Å²) >= 11 is 0. The number of carbonyl (C=O) groups excluding carboxylic acids is 1. The molecule has 3 rings (SSSR count). The molecule has 2 aliphatic rings. The highest BCUT2D eigenvalue weighted by atomic mass is 16.1. The Balaban J connectivity index is 1.86. The van der Waals surface area contributed by atoms with E-state index in [1.165, 1.54) is 36.8 Å². The smallest absolute Gasteiger partial charge is 0.210 e. The van der Waals surface area contributed by atoms with Crippen molar-refractivity contribution in [1.29, 1.82) is 0 Å². The summed E-state index contributed by atoms with van der Waals surface area (Å²) < 4.78 is 0. The zero-order valence-electron chi connectivity index (χ0n) is 12.3. The lowest BCUT2D eigenvalue weighted by molar-refractivity contribution is -0.119. The van der Waals surface area contributed by atoms with Gasteiger partial charge in [0.25, 0.3) is 0 Å². The van der Waals surface area contributed by atoms with Crippen LogP contribution in [0.5, 0.6) is 0 Å². The summed E-state index contributed by atoms with van der Waals surface area (Å²) in [7, 11) is 0. The third-order valence-electron chi connectivity index (χ3n) is 4.79. The van der Waals surface area contributed by atoms with Gasteiger partial charge in [-0.1, -0.05) is 35.4 Å². The van der Waals surface area contributed by atoms with Crippen LogP contribution in [-0.2, 0) is 11.2 Å². The van der Waals surface area contributed by atoms with Crippen molar-refractivity contribution >= 4 is 6.41 Å². The van der Waals surface area contributed by atoms with Crippen LogP contribution in [0.1, 0.15) is 43.2 Å². The fourth-order valence-electron chi connectivity index (χ4n) is 3.61. The lowest BCUT2D eigenvalue weighted by Gasteiger charge is -2.39. The van der Waals surface area contributed by atoms with E-state index in [-0.39, 0.29) is 0 Å². The summed E-state index contributed by atoms with van der Waals surface area (Å²) in [5.41, 5.74) is 5.84. The Bertz CT molecular complexity index is 515. The van der Waals surface area contributed by atoms with Crippen molar-refractivity contribution in [3.8, 4) is 0 Å². The van der Waals surface area contributed by atoms with Gasteiger partial charge in [0.2, 0.25) is 6.41 Å². The van der Waals surface area contributed by atoms with Gasteiger partial charge in [-0.3, -0.25) is 4.79 Å². The van der Waals surface area contributed by atoms with Crippen LogP contribution >= 0.6 is 0 Å². The first-order valence-corrected chi connectivity index (χ1v) is 7.75. The van der Waals surface area contributed by atoms with E-state index >= 15 is 0 Å². The second-order valence-corrected chi connectivity index (χ2v) is 6.13. The first kappa shape index (κ1) is 13.4. The molecule has 2 heteroatoms. The predicted molar refractivity (Wildman–Crippen MR) is 81.6 cm³/mol. The van der Waals surface area contributed by atoms with Gasteiger partial charge in [0.15, 0.2) is 0 Å². The van der Waals surface area contributed by atoms with Gasteiger partial charge in [0.1, 0.15) is 0 Å². The van der Waals surface area contributed by atoms with Crippen LogP contribution in [-0.4, -0.2) is 23.9 Å². The van der Waals surface area contributed by atoms with E-state index in [2.05, 4.69) is 31.2 Å². The highest BCUT2D eigenvalue weighted by molar-refractivity contribution is 5.51. The second kappa shape index (κ2) is 5.82. The average Bonchev–Trinajstić information content (AvgIpc) is 2.50. The van der Waals surface area contributed by atoms with Crippen LogP contribution in [0.25, 0.3) is 0 Å².